The van der Waals surface area contributed by atoms with Gasteiger partial charge in [0.1, 0.15) is 12.2 Å². The number of alkyl halides is 3. The fourth-order valence-corrected chi connectivity index (χ4v) is 2.96. The van der Waals surface area contributed by atoms with Gasteiger partial charge in [0.15, 0.2) is 5.96 Å². The quantitative estimate of drug-likeness (QED) is 0.392. The lowest BCUT2D eigenvalue weighted by Crippen LogP contribution is -2.50. The third-order valence-corrected chi connectivity index (χ3v) is 4.38. The van der Waals surface area contributed by atoms with Crippen molar-refractivity contribution in [3.63, 3.8) is 0 Å². The molecule has 1 fully saturated rings. The van der Waals surface area contributed by atoms with Gasteiger partial charge in [0.05, 0.1) is 13.2 Å². The summed E-state index contributed by atoms with van der Waals surface area (Å²) < 4.78 is 49.1. The molecule has 1 saturated heterocycles. The molecule has 0 bridgehead atoms. The maximum atomic E-state index is 13.0. The first kappa shape index (κ1) is 23.6. The number of amides is 1. The highest BCUT2D eigenvalue weighted by molar-refractivity contribution is 5.80. The number of carbonyl (C=O) groups is 1. The van der Waals surface area contributed by atoms with E-state index < -0.39 is 17.6 Å². The van der Waals surface area contributed by atoms with Gasteiger partial charge in [0.25, 0.3) is 0 Å². The molecule has 8 nitrogen and oxygen atoms in total. The first-order chi connectivity index (χ1) is 14.3. The van der Waals surface area contributed by atoms with Crippen LogP contribution in [-0.4, -0.2) is 67.4 Å². The summed E-state index contributed by atoms with van der Waals surface area (Å²) in [6, 6.07) is 2.27. The fraction of sp³-hybridized carbons (Fsp3) is 0.632. The van der Waals surface area contributed by atoms with Crippen molar-refractivity contribution in [3.8, 4) is 5.88 Å². The number of rotatable bonds is 7. The monoisotopic (exact) mass is 431 g/mol. The van der Waals surface area contributed by atoms with E-state index in [2.05, 4.69) is 20.6 Å². The normalized spacial score (nSPS) is 15.6. The molecule has 168 valence electrons. The first-order valence-corrected chi connectivity index (χ1v) is 9.96. The van der Waals surface area contributed by atoms with Crippen molar-refractivity contribution in [1.82, 2.24) is 20.5 Å². The number of halogens is 3. The second-order valence-corrected chi connectivity index (χ2v) is 6.57. The molecular weight excluding hydrogens is 403 g/mol. The first-order valence-electron chi connectivity index (χ1n) is 9.96. The van der Waals surface area contributed by atoms with Crippen molar-refractivity contribution < 1.29 is 27.4 Å². The molecule has 0 atom stereocenters. The Hall–Kier alpha value is -2.72. The number of piperidine rings is 1. The number of ether oxygens (including phenoxy) is 2. The number of pyridine rings is 1. The van der Waals surface area contributed by atoms with Crippen LogP contribution in [0.5, 0.6) is 5.88 Å². The predicted octanol–water partition coefficient (Wildman–Crippen LogP) is 2.66. The number of aliphatic imine (C=N–C) groups is 1. The minimum absolute atomic E-state index is 0.0437. The van der Waals surface area contributed by atoms with Crippen LogP contribution in [0, 0.1) is 0 Å². The largest absolute Gasteiger partial charge is 0.475 e. The van der Waals surface area contributed by atoms with E-state index in [0.717, 1.165) is 18.9 Å². The molecule has 0 radical (unpaired) electrons. The lowest BCUT2D eigenvalue weighted by Gasteiger charge is -2.32. The number of hydrogen-bond donors (Lipinski definition) is 2. The Morgan fingerprint density at radius 1 is 1.33 bits per heavy atom. The number of nitrogens with zero attached hydrogens (tertiary/aromatic N) is 3. The van der Waals surface area contributed by atoms with Gasteiger partial charge >= 0.3 is 12.3 Å². The molecule has 1 aromatic heterocycles. The van der Waals surface area contributed by atoms with Crippen molar-refractivity contribution in [2.45, 2.75) is 38.9 Å². The van der Waals surface area contributed by atoms with E-state index in [4.69, 9.17) is 9.47 Å². The summed E-state index contributed by atoms with van der Waals surface area (Å²) in [5, 5.41) is 6.39. The molecule has 1 aromatic rings. The molecule has 0 aromatic carbocycles. The van der Waals surface area contributed by atoms with E-state index in [9.17, 15) is 18.0 Å². The summed E-state index contributed by atoms with van der Waals surface area (Å²) in [7, 11) is 0. The zero-order valence-corrected chi connectivity index (χ0v) is 17.2. The Morgan fingerprint density at radius 3 is 2.70 bits per heavy atom. The SMILES string of the molecule is CCNC(=NCCOc1ncccc1C(F)(F)F)NC1CCN(C(=O)OCC)CC1. The highest BCUT2D eigenvalue weighted by Crippen LogP contribution is 2.34. The minimum atomic E-state index is -4.53. The van der Waals surface area contributed by atoms with E-state index in [-0.39, 0.29) is 25.3 Å². The van der Waals surface area contributed by atoms with Crippen LogP contribution in [0.25, 0.3) is 0 Å². The van der Waals surface area contributed by atoms with Gasteiger partial charge in [-0.1, -0.05) is 0 Å². The van der Waals surface area contributed by atoms with Crippen molar-refractivity contribution in [3.05, 3.63) is 23.9 Å². The van der Waals surface area contributed by atoms with Crippen LogP contribution in [0.1, 0.15) is 32.3 Å². The molecule has 30 heavy (non-hydrogen) atoms. The van der Waals surface area contributed by atoms with Crippen molar-refractivity contribution in [1.29, 1.82) is 0 Å². The van der Waals surface area contributed by atoms with Crippen LogP contribution >= 0.6 is 0 Å². The highest BCUT2D eigenvalue weighted by atomic mass is 19.4. The molecule has 0 unspecified atom stereocenters. The second kappa shape index (κ2) is 11.5. The Balaban J connectivity index is 1.84. The number of likely N-dealkylation sites (tertiary alicyclic amines) is 1. The number of hydrogen-bond acceptors (Lipinski definition) is 5. The minimum Gasteiger partial charge on any atom is -0.475 e. The standard InChI is InChI=1S/C19H28F3N5O3/c1-3-23-17(26-14-7-11-27(12-8-14)18(28)29-4-2)25-10-13-30-16-15(19(20,21)22)6-5-9-24-16/h5-6,9,14H,3-4,7-8,10-13H2,1-2H3,(H2,23,25,26). The fourth-order valence-electron chi connectivity index (χ4n) is 2.96. The van der Waals surface area contributed by atoms with Crippen LogP contribution in [0.3, 0.4) is 0 Å². The predicted molar refractivity (Wildman–Crippen MR) is 105 cm³/mol. The zero-order chi connectivity index (χ0) is 22.0. The van der Waals surface area contributed by atoms with E-state index in [1.165, 1.54) is 12.3 Å². The second-order valence-electron chi connectivity index (χ2n) is 6.57. The lowest BCUT2D eigenvalue weighted by atomic mass is 10.1. The molecule has 1 aliphatic heterocycles. The number of nitrogens with one attached hydrogen (secondary N) is 2. The maximum absolute atomic E-state index is 13.0. The van der Waals surface area contributed by atoms with Crippen LogP contribution in [0.2, 0.25) is 0 Å². The smallest absolute Gasteiger partial charge is 0.421 e. The van der Waals surface area contributed by atoms with Gasteiger partial charge in [0.2, 0.25) is 5.88 Å². The summed E-state index contributed by atoms with van der Waals surface area (Å²) in [4.78, 5) is 21.5. The van der Waals surface area contributed by atoms with Crippen molar-refractivity contribution in [2.75, 3.05) is 39.4 Å². The summed E-state index contributed by atoms with van der Waals surface area (Å²) >= 11 is 0. The molecule has 1 amide bonds. The summed E-state index contributed by atoms with van der Waals surface area (Å²) in [5.74, 6) is 0.0947. The zero-order valence-electron chi connectivity index (χ0n) is 17.2. The van der Waals surface area contributed by atoms with Crippen molar-refractivity contribution >= 4 is 12.1 Å². The average molecular weight is 431 g/mol. The number of guanidine groups is 1. The van der Waals surface area contributed by atoms with Gasteiger partial charge in [-0.3, -0.25) is 0 Å². The van der Waals surface area contributed by atoms with Crippen LogP contribution < -0.4 is 15.4 Å². The molecule has 11 heteroatoms. The Bertz CT molecular complexity index is 707. The van der Waals surface area contributed by atoms with Gasteiger partial charge in [-0.05, 0) is 38.8 Å². The van der Waals surface area contributed by atoms with Gasteiger partial charge in [-0.15, -0.1) is 0 Å². The summed E-state index contributed by atoms with van der Waals surface area (Å²) in [6.45, 7) is 5.94. The number of aromatic nitrogens is 1. The third-order valence-electron chi connectivity index (χ3n) is 4.38. The average Bonchev–Trinajstić information content (AvgIpc) is 2.71. The van der Waals surface area contributed by atoms with Gasteiger partial charge in [0, 0.05) is 31.9 Å². The molecule has 0 saturated carbocycles. The molecule has 0 spiro atoms. The summed E-state index contributed by atoms with van der Waals surface area (Å²) in [6.07, 6.45) is -2.10. The van der Waals surface area contributed by atoms with E-state index in [1.807, 2.05) is 6.92 Å². The van der Waals surface area contributed by atoms with Crippen LogP contribution in [-0.2, 0) is 10.9 Å². The van der Waals surface area contributed by atoms with Crippen molar-refractivity contribution in [2.24, 2.45) is 4.99 Å². The van der Waals surface area contributed by atoms with Gasteiger partial charge in [-0.25, -0.2) is 14.8 Å². The Kier molecular flexibility index (Phi) is 9.00. The van der Waals surface area contributed by atoms with E-state index in [0.29, 0.717) is 32.2 Å². The van der Waals surface area contributed by atoms with E-state index >= 15 is 0 Å². The summed E-state index contributed by atoms with van der Waals surface area (Å²) in [5.41, 5.74) is -0.910. The Labute approximate surface area is 173 Å². The van der Waals surface area contributed by atoms with Crippen LogP contribution in [0.4, 0.5) is 18.0 Å². The molecule has 1 aliphatic rings. The number of carbonyl (C=O) groups excluding carboxylic acids is 1. The third kappa shape index (κ3) is 7.27. The molecule has 2 heterocycles. The topological polar surface area (TPSA) is 88.1 Å². The van der Waals surface area contributed by atoms with Gasteiger partial charge < -0.3 is 25.0 Å². The lowest BCUT2D eigenvalue weighted by molar-refractivity contribution is -0.139. The van der Waals surface area contributed by atoms with Crippen LogP contribution in [0.15, 0.2) is 23.3 Å². The molecule has 0 aliphatic carbocycles. The molecule has 2 rings (SSSR count). The van der Waals surface area contributed by atoms with Gasteiger partial charge in [-0.2, -0.15) is 13.2 Å². The molecule has 2 N–H and O–H groups in total. The molecular formula is C19H28F3N5O3. The maximum Gasteiger partial charge on any atom is 0.421 e. The van der Waals surface area contributed by atoms with E-state index in [1.54, 1.807) is 11.8 Å². The highest BCUT2D eigenvalue weighted by Gasteiger charge is 2.35. The Morgan fingerprint density at radius 2 is 2.07 bits per heavy atom.